The highest BCUT2D eigenvalue weighted by Crippen LogP contribution is 2.51. The summed E-state index contributed by atoms with van der Waals surface area (Å²) in [6, 6.07) is 16.5. The molecule has 70 heavy (non-hydrogen) atoms. The van der Waals surface area contributed by atoms with E-state index in [4.69, 9.17) is 6.42 Å². The van der Waals surface area contributed by atoms with E-state index in [2.05, 4.69) is 11.2 Å². The molecule has 0 saturated carbocycles. The van der Waals surface area contributed by atoms with Crippen LogP contribution in [0.15, 0.2) is 112 Å². The number of likely N-dealkylation sites (N-methyl/N-ethyl adjacent to an activating group) is 1. The molecule has 0 fully saturated rings. The minimum Gasteiger partial charge on any atom is -0.744 e. The molecule has 0 saturated heterocycles. The number of aryl methyl sites for hydroxylation is 1. The summed E-state index contributed by atoms with van der Waals surface area (Å²) >= 11 is 0. The maximum absolute atomic E-state index is 12.3. The molecule has 16 nitrogen and oxygen atoms in total. The lowest BCUT2D eigenvalue weighted by atomic mass is 9.75. The van der Waals surface area contributed by atoms with Crippen LogP contribution in [0.1, 0.15) is 100 Å². The van der Waals surface area contributed by atoms with E-state index < -0.39 is 67.7 Å². The highest BCUT2D eigenvalue weighted by Gasteiger charge is 2.47. The predicted octanol–water partition coefficient (Wildman–Crippen LogP) is 7.03. The fourth-order valence-electron chi connectivity index (χ4n) is 10.1. The number of carbonyl (C=O) groups is 1. The lowest BCUT2D eigenvalue weighted by Gasteiger charge is -2.29. The van der Waals surface area contributed by atoms with Crippen LogP contribution in [-0.4, -0.2) is 100 Å². The Balaban J connectivity index is 1.47. The van der Waals surface area contributed by atoms with E-state index in [9.17, 15) is 56.7 Å². The monoisotopic (exact) mass is 1040 g/mol. The van der Waals surface area contributed by atoms with Crippen LogP contribution >= 0.6 is 0 Å². The van der Waals surface area contributed by atoms with Gasteiger partial charge in [-0.15, -0.1) is 6.42 Å². The van der Waals surface area contributed by atoms with Crippen LogP contribution in [0, 0.1) is 12.3 Å². The first-order chi connectivity index (χ1) is 32.7. The van der Waals surface area contributed by atoms with E-state index in [0.29, 0.717) is 59.6 Å². The van der Waals surface area contributed by atoms with Gasteiger partial charge in [-0.05, 0) is 148 Å². The Morgan fingerprint density at radius 1 is 0.814 bits per heavy atom. The molecule has 376 valence electrons. The van der Waals surface area contributed by atoms with E-state index in [0.717, 1.165) is 47.1 Å². The largest absolute Gasteiger partial charge is 0.744 e. The van der Waals surface area contributed by atoms with Crippen LogP contribution in [0.2, 0.25) is 0 Å². The van der Waals surface area contributed by atoms with Crippen molar-refractivity contribution in [1.29, 1.82) is 0 Å². The molecule has 0 spiro atoms. The molecule has 2 heterocycles. The Kier molecular flexibility index (Phi) is 16.4. The summed E-state index contributed by atoms with van der Waals surface area (Å²) in [4.78, 5) is 13.2. The normalized spacial score (nSPS) is 20.9. The molecule has 3 aromatic rings. The van der Waals surface area contributed by atoms with Crippen LogP contribution in [0.25, 0.3) is 5.57 Å². The molecule has 2 atom stereocenters. The quantitative estimate of drug-likeness (QED) is 0.0384. The smallest absolute Gasteiger partial charge is 0.294 e. The third-order valence-corrected chi connectivity index (χ3v) is 16.9. The van der Waals surface area contributed by atoms with Gasteiger partial charge in [0.05, 0.1) is 33.3 Å². The first kappa shape index (κ1) is 54.1. The second kappa shape index (κ2) is 21.2. The molecule has 0 radical (unpaired) electrons. The Morgan fingerprint density at radius 3 is 2.06 bits per heavy atom. The van der Waals surface area contributed by atoms with Gasteiger partial charge in [0.25, 0.3) is 30.4 Å². The van der Waals surface area contributed by atoms with Crippen LogP contribution in [0.4, 0.5) is 11.4 Å². The van der Waals surface area contributed by atoms with Gasteiger partial charge in [-0.2, -0.15) is 29.8 Å². The second-order valence-electron chi connectivity index (χ2n) is 18.4. The molecule has 2 unspecified atom stereocenters. The topological polar surface area (TPSA) is 256 Å². The number of rotatable bonds is 20. The van der Waals surface area contributed by atoms with Crippen molar-refractivity contribution >= 4 is 69.0 Å². The first-order valence-electron chi connectivity index (χ1n) is 22.8. The Labute approximate surface area is 412 Å². The number of hydrogen-bond acceptors (Lipinski definition) is 11. The van der Waals surface area contributed by atoms with Crippen molar-refractivity contribution < 1.29 is 61.3 Å². The molecule has 3 aliphatic rings. The maximum Gasteiger partial charge on any atom is 0.294 e. The Morgan fingerprint density at radius 2 is 1.44 bits per heavy atom. The fourth-order valence-corrected chi connectivity index (χ4v) is 12.1. The zero-order valence-electron chi connectivity index (χ0n) is 39.5. The SMILES string of the molecule is C#CCNC(=O)CCCCc1ccc(C2=C(/C=C/C3=[N+](C)c4ccc(S(=O)(=O)[O-])cc4C3(C)CCCS(=O)(=O)O)CCC/C2=C\C=C2N(C)c3ccc(S(=O)(=O)O)cc3C2(C)CCCS(=O)(=O)O)cc1. The second-order valence-corrected chi connectivity index (χ2v) is 24.4. The van der Waals surface area contributed by atoms with Crippen molar-refractivity contribution in [2.45, 2.75) is 105 Å². The zero-order valence-corrected chi connectivity index (χ0v) is 42.8. The van der Waals surface area contributed by atoms with Gasteiger partial charge in [0.15, 0.2) is 5.71 Å². The fraction of sp³-hybridized carbons (Fsp3) is 0.400. The van der Waals surface area contributed by atoms with Crippen molar-refractivity contribution in [1.82, 2.24) is 5.32 Å². The Hall–Kier alpha value is -5.24. The summed E-state index contributed by atoms with van der Waals surface area (Å²) in [5.41, 5.74) is 6.55. The summed E-state index contributed by atoms with van der Waals surface area (Å²) in [5.74, 6) is 1.24. The number of amides is 1. The zero-order chi connectivity index (χ0) is 51.5. The van der Waals surface area contributed by atoms with Crippen molar-refractivity contribution in [3.05, 3.63) is 124 Å². The predicted molar refractivity (Wildman–Crippen MR) is 268 cm³/mol. The number of nitrogens with zero attached hydrogens (tertiary/aromatic N) is 2. The number of unbranched alkanes of at least 4 members (excludes halogenated alkanes) is 1. The summed E-state index contributed by atoms with van der Waals surface area (Å²) < 4.78 is 140. The maximum atomic E-state index is 12.3. The molecule has 0 bridgehead atoms. The average molecular weight is 1040 g/mol. The minimum absolute atomic E-state index is 0.0271. The van der Waals surface area contributed by atoms with Crippen LogP contribution in [0.5, 0.6) is 0 Å². The van der Waals surface area contributed by atoms with Crippen LogP contribution in [-0.2, 0) is 62.5 Å². The first-order valence-corrected chi connectivity index (χ1v) is 28.8. The van der Waals surface area contributed by atoms with Gasteiger partial charge in [0.2, 0.25) is 11.6 Å². The van der Waals surface area contributed by atoms with Gasteiger partial charge < -0.3 is 14.8 Å². The number of fused-ring (bicyclic) bond motifs is 2. The Bertz CT molecular complexity index is 3220. The molecular formula is C50H59N3O13S4. The van der Waals surface area contributed by atoms with Crippen molar-refractivity contribution in [2.75, 3.05) is 37.0 Å². The van der Waals surface area contributed by atoms with Gasteiger partial charge in [-0.1, -0.05) is 42.3 Å². The lowest BCUT2D eigenvalue weighted by molar-refractivity contribution is -0.401. The van der Waals surface area contributed by atoms with E-state index in [1.54, 1.807) is 19.2 Å². The molecule has 3 aromatic carbocycles. The van der Waals surface area contributed by atoms with E-state index in [-0.39, 0.29) is 43.0 Å². The minimum atomic E-state index is -4.84. The highest BCUT2D eigenvalue weighted by atomic mass is 32.2. The highest BCUT2D eigenvalue weighted by molar-refractivity contribution is 7.86. The number of hydrogen-bond donors (Lipinski definition) is 4. The molecule has 1 amide bonds. The number of carbonyl (C=O) groups excluding carboxylic acids is 1. The number of allylic oxidation sites excluding steroid dienone is 8. The van der Waals surface area contributed by atoms with Crippen molar-refractivity contribution in [3.8, 4) is 12.3 Å². The van der Waals surface area contributed by atoms with Crippen LogP contribution < -0.4 is 10.2 Å². The standard InChI is InChI=1S/C50H59N3O13S4/c1-6-30-51-47(54)15-8-7-12-35-16-18-38(19-17-35)48-36(20-26-45-49(2,28-10-31-67(55,56)57)41-33-39(69(61,62)63)22-24-43(41)52(45)4)13-9-14-37(48)21-27-46-50(3,29-11-32-68(58,59)60)42-34-40(70(64,65)66)23-25-44(42)53(46)5/h1,16-27,33-34H,7-15,28-32H2,2-5H3,(H4-,51,54,55,56,57,58,59,60,61,62,63,64,65,66). The summed E-state index contributed by atoms with van der Waals surface area (Å²) in [6.45, 7) is 3.88. The van der Waals surface area contributed by atoms with E-state index in [1.165, 1.54) is 24.3 Å². The lowest BCUT2D eigenvalue weighted by Crippen LogP contribution is -2.31. The molecule has 6 rings (SSSR count). The van der Waals surface area contributed by atoms with Crippen LogP contribution in [0.3, 0.4) is 0 Å². The van der Waals surface area contributed by atoms with Crippen molar-refractivity contribution in [3.63, 3.8) is 0 Å². The van der Waals surface area contributed by atoms with Gasteiger partial charge in [-0.3, -0.25) is 18.5 Å². The summed E-state index contributed by atoms with van der Waals surface area (Å²) in [7, 11) is -14.5. The molecule has 0 aromatic heterocycles. The third kappa shape index (κ3) is 12.6. The molecule has 1 aliphatic carbocycles. The molecular weight excluding hydrogens is 979 g/mol. The number of benzene rings is 3. The molecule has 2 aliphatic heterocycles. The van der Waals surface area contributed by atoms with Gasteiger partial charge >= 0.3 is 0 Å². The van der Waals surface area contributed by atoms with Gasteiger partial charge in [0, 0.05) is 48.0 Å². The third-order valence-electron chi connectivity index (χ3n) is 13.6. The number of nitrogens with one attached hydrogen (secondary N) is 1. The molecule has 4 N–H and O–H groups in total. The van der Waals surface area contributed by atoms with Crippen molar-refractivity contribution in [2.24, 2.45) is 0 Å². The summed E-state index contributed by atoms with van der Waals surface area (Å²) in [5, 5.41) is 2.68. The summed E-state index contributed by atoms with van der Waals surface area (Å²) in [6.07, 6.45) is 18.1. The van der Waals surface area contributed by atoms with Gasteiger partial charge in [-0.25, -0.2) is 8.42 Å². The van der Waals surface area contributed by atoms with E-state index >= 15 is 0 Å². The molecule has 20 heteroatoms. The van der Waals surface area contributed by atoms with E-state index in [1.807, 2.05) is 78.9 Å². The number of anilines is 1. The number of terminal acetylenes is 1. The van der Waals surface area contributed by atoms with Gasteiger partial charge in [0.1, 0.15) is 17.2 Å². The average Bonchev–Trinajstić information content (AvgIpc) is 3.61.